The predicted octanol–water partition coefficient (Wildman–Crippen LogP) is 4.37. The average Bonchev–Trinajstić information content (AvgIpc) is 3.32. The van der Waals surface area contributed by atoms with Crippen LogP contribution in [0.1, 0.15) is 54.6 Å². The zero-order chi connectivity index (χ0) is 24.0. The first kappa shape index (κ1) is 22.3. The highest BCUT2D eigenvalue weighted by Gasteiger charge is 2.38. The average molecular weight is 463 g/mol. The van der Waals surface area contributed by atoms with E-state index in [4.69, 9.17) is 4.74 Å². The Labute approximate surface area is 197 Å². The Morgan fingerprint density at radius 1 is 1.21 bits per heavy atom. The summed E-state index contributed by atoms with van der Waals surface area (Å²) in [7, 11) is 0. The third-order valence-electron chi connectivity index (χ3n) is 6.80. The maximum Gasteiger partial charge on any atom is 0.260 e. The van der Waals surface area contributed by atoms with E-state index in [1.807, 2.05) is 32.1 Å². The molecule has 0 bridgehead atoms. The molecule has 3 aliphatic rings. The maximum atomic E-state index is 13.6. The van der Waals surface area contributed by atoms with E-state index in [2.05, 4.69) is 5.32 Å². The van der Waals surface area contributed by atoms with E-state index in [-0.39, 0.29) is 24.5 Å². The second-order valence-corrected chi connectivity index (χ2v) is 9.46. The van der Waals surface area contributed by atoms with Crippen LogP contribution in [0, 0.1) is 5.82 Å². The molecule has 0 spiro atoms. The molecule has 1 unspecified atom stereocenters. The standard InChI is InChI=1S/C27H27FN2O4/c1-27(2)21(14-23(34-27)24-20-11-10-18(28)13-22(20)29-25(24)32)16-6-8-17(9-7-16)26(33)30-12-4-3-5-19(30)15-31/h6-11,13-14,19,31H,3-5,12,15H2,1-2H3,(H,29,32). The molecule has 6 nitrogen and oxygen atoms in total. The quantitative estimate of drug-likeness (QED) is 0.664. The summed E-state index contributed by atoms with van der Waals surface area (Å²) in [4.78, 5) is 27.4. The van der Waals surface area contributed by atoms with Crippen molar-refractivity contribution in [1.82, 2.24) is 4.90 Å². The van der Waals surface area contributed by atoms with Gasteiger partial charge < -0.3 is 20.1 Å². The number of nitrogens with zero attached hydrogens (tertiary/aromatic N) is 1. The lowest BCUT2D eigenvalue weighted by molar-refractivity contribution is -0.111. The molecular weight excluding hydrogens is 435 g/mol. The molecule has 2 aromatic rings. The summed E-state index contributed by atoms with van der Waals surface area (Å²) in [6.07, 6.45) is 4.63. The molecule has 1 atom stereocenters. The molecule has 34 heavy (non-hydrogen) atoms. The number of halogens is 1. The fourth-order valence-electron chi connectivity index (χ4n) is 5.02. The Balaban J connectivity index is 1.46. The van der Waals surface area contributed by atoms with Gasteiger partial charge in [0.1, 0.15) is 17.2 Å². The van der Waals surface area contributed by atoms with Crippen molar-refractivity contribution < 1.29 is 23.8 Å². The first-order valence-corrected chi connectivity index (χ1v) is 11.6. The van der Waals surface area contributed by atoms with Crippen LogP contribution >= 0.6 is 0 Å². The van der Waals surface area contributed by atoms with E-state index in [9.17, 15) is 19.1 Å². The van der Waals surface area contributed by atoms with Crippen LogP contribution in [0.5, 0.6) is 0 Å². The van der Waals surface area contributed by atoms with Gasteiger partial charge in [0.15, 0.2) is 0 Å². The third-order valence-corrected chi connectivity index (χ3v) is 6.80. The summed E-state index contributed by atoms with van der Waals surface area (Å²) in [6.45, 7) is 4.47. The van der Waals surface area contributed by atoms with Gasteiger partial charge in [0, 0.05) is 23.2 Å². The lowest BCUT2D eigenvalue weighted by Crippen LogP contribution is -2.45. The number of benzene rings is 2. The second kappa shape index (κ2) is 8.40. The van der Waals surface area contributed by atoms with Gasteiger partial charge >= 0.3 is 0 Å². The molecule has 2 N–H and O–H groups in total. The number of aliphatic hydroxyl groups excluding tert-OH is 1. The van der Waals surface area contributed by atoms with Gasteiger partial charge in [0.05, 0.1) is 23.9 Å². The van der Waals surface area contributed by atoms with Gasteiger partial charge in [-0.3, -0.25) is 9.59 Å². The molecular formula is C27H27FN2O4. The summed E-state index contributed by atoms with van der Waals surface area (Å²) in [5.74, 6) is -0.388. The van der Waals surface area contributed by atoms with Crippen molar-refractivity contribution in [3.05, 3.63) is 76.8 Å². The Kier molecular flexibility index (Phi) is 5.52. The van der Waals surface area contributed by atoms with Gasteiger partial charge in [-0.05, 0) is 75.1 Å². The minimum atomic E-state index is -0.703. The highest BCUT2D eigenvalue weighted by Crippen LogP contribution is 2.44. The van der Waals surface area contributed by atoms with Crippen molar-refractivity contribution >= 4 is 28.6 Å². The molecule has 0 radical (unpaired) electrons. The number of hydrogen-bond acceptors (Lipinski definition) is 4. The van der Waals surface area contributed by atoms with E-state index in [1.54, 1.807) is 23.1 Å². The van der Waals surface area contributed by atoms with Crippen LogP contribution in [-0.2, 0) is 9.53 Å². The molecule has 2 aromatic carbocycles. The molecule has 176 valence electrons. The zero-order valence-electron chi connectivity index (χ0n) is 19.2. The molecule has 1 fully saturated rings. The lowest BCUT2D eigenvalue weighted by Gasteiger charge is -2.34. The normalized spacial score (nSPS) is 23.3. The number of carbonyl (C=O) groups excluding carboxylic acids is 2. The number of amides is 2. The summed E-state index contributed by atoms with van der Waals surface area (Å²) in [5.41, 5.74) is 3.05. The monoisotopic (exact) mass is 462 g/mol. The number of anilines is 1. The largest absolute Gasteiger partial charge is 0.482 e. The number of likely N-dealkylation sites (tertiary alicyclic amines) is 1. The number of aliphatic hydroxyl groups is 1. The van der Waals surface area contributed by atoms with Crippen molar-refractivity contribution in [2.45, 2.75) is 44.8 Å². The molecule has 7 heteroatoms. The molecule has 2 amide bonds. The zero-order valence-corrected chi connectivity index (χ0v) is 19.2. The topological polar surface area (TPSA) is 78.9 Å². The molecule has 0 saturated carbocycles. The van der Waals surface area contributed by atoms with Crippen molar-refractivity contribution in [2.75, 3.05) is 18.5 Å². The van der Waals surface area contributed by atoms with Gasteiger partial charge in [-0.2, -0.15) is 0 Å². The van der Waals surface area contributed by atoms with Crippen molar-refractivity contribution in [3.63, 3.8) is 0 Å². The minimum Gasteiger partial charge on any atom is -0.482 e. The molecule has 1 saturated heterocycles. The van der Waals surface area contributed by atoms with Crippen LogP contribution in [0.15, 0.2) is 54.3 Å². The lowest BCUT2D eigenvalue weighted by atomic mass is 9.91. The summed E-state index contributed by atoms with van der Waals surface area (Å²) in [5, 5.41) is 12.3. The fourth-order valence-corrected chi connectivity index (χ4v) is 5.02. The predicted molar refractivity (Wildman–Crippen MR) is 127 cm³/mol. The molecule has 0 aliphatic carbocycles. The summed E-state index contributed by atoms with van der Waals surface area (Å²) >= 11 is 0. The second-order valence-electron chi connectivity index (χ2n) is 9.46. The smallest absolute Gasteiger partial charge is 0.260 e. The van der Waals surface area contributed by atoms with E-state index in [0.29, 0.717) is 34.7 Å². The minimum absolute atomic E-state index is 0.0248. The van der Waals surface area contributed by atoms with Crippen LogP contribution < -0.4 is 5.32 Å². The molecule has 0 aromatic heterocycles. The van der Waals surface area contributed by atoms with Crippen LogP contribution in [-0.4, -0.2) is 46.6 Å². The first-order valence-electron chi connectivity index (χ1n) is 11.6. The van der Waals surface area contributed by atoms with Crippen molar-refractivity contribution in [3.8, 4) is 0 Å². The number of fused-ring (bicyclic) bond motifs is 1. The number of hydrogen-bond donors (Lipinski definition) is 2. The van der Waals surface area contributed by atoms with Crippen LogP contribution in [0.3, 0.4) is 0 Å². The van der Waals surface area contributed by atoms with Gasteiger partial charge in [0.25, 0.3) is 11.8 Å². The van der Waals surface area contributed by atoms with E-state index in [1.165, 1.54) is 12.1 Å². The van der Waals surface area contributed by atoms with Crippen LogP contribution in [0.25, 0.3) is 11.1 Å². The number of rotatable bonds is 3. The molecule has 5 rings (SSSR count). The van der Waals surface area contributed by atoms with Crippen molar-refractivity contribution in [1.29, 1.82) is 0 Å². The SMILES string of the molecule is CC1(C)OC(=C2C(=O)Nc3cc(F)ccc32)C=C1c1ccc(C(=O)N2CCCCC2CO)cc1. The number of carbonyl (C=O) groups is 2. The Hall–Kier alpha value is -3.45. The number of nitrogens with one attached hydrogen (secondary N) is 1. The van der Waals surface area contributed by atoms with Crippen LogP contribution in [0.4, 0.5) is 10.1 Å². The van der Waals surface area contributed by atoms with E-state index in [0.717, 1.165) is 30.4 Å². The Morgan fingerprint density at radius 3 is 2.71 bits per heavy atom. The van der Waals surface area contributed by atoms with Gasteiger partial charge in [-0.25, -0.2) is 4.39 Å². The number of ether oxygens (including phenoxy) is 1. The highest BCUT2D eigenvalue weighted by molar-refractivity contribution is 6.32. The fraction of sp³-hybridized carbons (Fsp3) is 0.333. The third kappa shape index (κ3) is 3.80. The molecule has 3 aliphatic heterocycles. The molecule has 3 heterocycles. The van der Waals surface area contributed by atoms with Crippen LogP contribution in [0.2, 0.25) is 0 Å². The van der Waals surface area contributed by atoms with E-state index < -0.39 is 11.4 Å². The van der Waals surface area contributed by atoms with Gasteiger partial charge in [-0.15, -0.1) is 0 Å². The van der Waals surface area contributed by atoms with Crippen molar-refractivity contribution in [2.24, 2.45) is 0 Å². The van der Waals surface area contributed by atoms with Gasteiger partial charge in [0.2, 0.25) is 0 Å². The Bertz CT molecular complexity index is 1230. The van der Waals surface area contributed by atoms with E-state index >= 15 is 0 Å². The first-order chi connectivity index (χ1) is 16.3. The Morgan fingerprint density at radius 2 is 1.97 bits per heavy atom. The summed E-state index contributed by atoms with van der Waals surface area (Å²) < 4.78 is 19.8. The highest BCUT2D eigenvalue weighted by atomic mass is 19.1. The summed E-state index contributed by atoms with van der Waals surface area (Å²) in [6, 6.07) is 11.4. The van der Waals surface area contributed by atoms with Gasteiger partial charge in [-0.1, -0.05) is 12.1 Å². The number of allylic oxidation sites excluding steroid dienone is 1. The maximum absolute atomic E-state index is 13.6. The number of piperidine rings is 1.